The van der Waals surface area contributed by atoms with Crippen LogP contribution in [-0.2, 0) is 4.79 Å². The van der Waals surface area contributed by atoms with Crippen LogP contribution in [0.3, 0.4) is 0 Å². The number of benzene rings is 1. The maximum atomic E-state index is 12.1. The largest absolute Gasteiger partial charge is 0.360 e. The molecule has 24 heavy (non-hydrogen) atoms. The fourth-order valence-corrected chi connectivity index (χ4v) is 3.94. The highest BCUT2D eigenvalue weighted by Crippen LogP contribution is 2.28. The molecule has 0 saturated carbocycles. The molecule has 0 aliphatic rings. The van der Waals surface area contributed by atoms with E-state index in [9.17, 15) is 4.79 Å². The van der Waals surface area contributed by atoms with Crippen LogP contribution in [0.2, 0.25) is 0 Å². The van der Waals surface area contributed by atoms with Crippen LogP contribution in [0.15, 0.2) is 33.5 Å². The Hall–Kier alpha value is -1.76. The third kappa shape index (κ3) is 6.03. The normalized spacial score (nSPS) is 10.2. The summed E-state index contributed by atoms with van der Waals surface area (Å²) >= 11 is 4.21. The number of nitrogens with one attached hydrogen (secondary N) is 2. The van der Waals surface area contributed by atoms with E-state index in [4.69, 9.17) is 5.26 Å². The standard InChI is InChI=1S/C15H17N5OS3/c1-2-8-17-14-19-20-15(24-14)23-10-13(21)18-11-5-3-4-6-12(11)22-9-7-16/h3-6H,2,8-10H2,1H3,(H,17,19)(H,18,21). The quantitative estimate of drug-likeness (QED) is 0.642. The van der Waals surface area contributed by atoms with Crippen LogP contribution in [0.1, 0.15) is 13.3 Å². The molecule has 2 aromatic rings. The topological polar surface area (TPSA) is 90.7 Å². The molecule has 1 aromatic carbocycles. The molecule has 9 heteroatoms. The molecule has 2 rings (SSSR count). The summed E-state index contributed by atoms with van der Waals surface area (Å²) in [6.07, 6.45) is 1.02. The van der Waals surface area contributed by atoms with Crippen LogP contribution >= 0.6 is 34.9 Å². The molecule has 0 unspecified atom stereocenters. The Morgan fingerprint density at radius 1 is 1.33 bits per heavy atom. The summed E-state index contributed by atoms with van der Waals surface area (Å²) in [6.45, 7) is 2.94. The van der Waals surface area contributed by atoms with Gasteiger partial charge in [-0.25, -0.2) is 0 Å². The lowest BCUT2D eigenvalue weighted by Gasteiger charge is -2.08. The van der Waals surface area contributed by atoms with Crippen LogP contribution < -0.4 is 10.6 Å². The Balaban J connectivity index is 1.85. The van der Waals surface area contributed by atoms with E-state index in [-0.39, 0.29) is 11.7 Å². The first kappa shape index (κ1) is 18.6. The number of aromatic nitrogens is 2. The minimum atomic E-state index is -0.108. The van der Waals surface area contributed by atoms with E-state index >= 15 is 0 Å². The van der Waals surface area contributed by atoms with Crippen LogP contribution in [0.5, 0.6) is 0 Å². The van der Waals surface area contributed by atoms with E-state index in [2.05, 4.69) is 33.8 Å². The smallest absolute Gasteiger partial charge is 0.234 e. The zero-order valence-corrected chi connectivity index (χ0v) is 15.6. The number of hydrogen-bond donors (Lipinski definition) is 2. The predicted octanol–water partition coefficient (Wildman–Crippen LogP) is 3.71. The van der Waals surface area contributed by atoms with Gasteiger partial charge < -0.3 is 10.6 Å². The second-order valence-corrected chi connectivity index (χ2v) is 7.80. The monoisotopic (exact) mass is 379 g/mol. The van der Waals surface area contributed by atoms with Crippen LogP contribution in [0.4, 0.5) is 10.8 Å². The van der Waals surface area contributed by atoms with Crippen molar-refractivity contribution in [2.75, 3.05) is 28.7 Å². The third-order valence-electron chi connectivity index (χ3n) is 2.71. The number of nitriles is 1. The third-order valence-corrected chi connectivity index (χ3v) is 5.67. The molecule has 2 N–H and O–H groups in total. The van der Waals surface area contributed by atoms with Crippen molar-refractivity contribution in [2.45, 2.75) is 22.6 Å². The van der Waals surface area contributed by atoms with Gasteiger partial charge in [-0.3, -0.25) is 4.79 Å². The predicted molar refractivity (Wildman–Crippen MR) is 101 cm³/mol. The molecule has 1 amide bonds. The summed E-state index contributed by atoms with van der Waals surface area (Å²) < 4.78 is 0.760. The molecule has 0 aliphatic carbocycles. The van der Waals surface area contributed by atoms with Gasteiger partial charge >= 0.3 is 0 Å². The molecule has 1 heterocycles. The minimum Gasteiger partial charge on any atom is -0.360 e. The number of rotatable bonds is 9. The van der Waals surface area contributed by atoms with Crippen molar-refractivity contribution in [1.82, 2.24) is 10.2 Å². The van der Waals surface area contributed by atoms with E-state index < -0.39 is 0 Å². The Bertz CT molecular complexity index is 713. The summed E-state index contributed by atoms with van der Waals surface area (Å²) in [5, 5.41) is 23.6. The lowest BCUT2D eigenvalue weighted by molar-refractivity contribution is -0.113. The van der Waals surface area contributed by atoms with Gasteiger partial charge in [0.05, 0.1) is 23.3 Å². The van der Waals surface area contributed by atoms with E-state index in [0.29, 0.717) is 5.75 Å². The summed E-state index contributed by atoms with van der Waals surface area (Å²) in [6, 6.07) is 9.55. The van der Waals surface area contributed by atoms with Gasteiger partial charge in [0.15, 0.2) is 4.34 Å². The second-order valence-electron chi connectivity index (χ2n) is 4.58. The molecule has 1 aromatic heterocycles. The van der Waals surface area contributed by atoms with Gasteiger partial charge in [0.1, 0.15) is 0 Å². The Labute approximate surface area is 153 Å². The van der Waals surface area contributed by atoms with E-state index in [0.717, 1.165) is 33.0 Å². The van der Waals surface area contributed by atoms with Crippen molar-refractivity contribution in [1.29, 1.82) is 5.26 Å². The molecule has 0 atom stereocenters. The molecular formula is C15H17N5OS3. The van der Waals surface area contributed by atoms with Gasteiger partial charge in [-0.2, -0.15) is 5.26 Å². The van der Waals surface area contributed by atoms with Gasteiger partial charge in [-0.05, 0) is 18.6 Å². The Morgan fingerprint density at radius 3 is 2.96 bits per heavy atom. The average molecular weight is 380 g/mol. The van der Waals surface area contributed by atoms with Crippen molar-refractivity contribution < 1.29 is 4.79 Å². The summed E-state index contributed by atoms with van der Waals surface area (Å²) in [5.41, 5.74) is 0.728. The van der Waals surface area contributed by atoms with Crippen molar-refractivity contribution >= 4 is 51.6 Å². The zero-order chi connectivity index (χ0) is 17.2. The van der Waals surface area contributed by atoms with Crippen LogP contribution in [0, 0.1) is 11.3 Å². The van der Waals surface area contributed by atoms with E-state index in [1.807, 2.05) is 24.3 Å². The van der Waals surface area contributed by atoms with Crippen molar-refractivity contribution in [3.8, 4) is 6.07 Å². The van der Waals surface area contributed by atoms with Gasteiger partial charge in [-0.1, -0.05) is 42.2 Å². The SMILES string of the molecule is CCCNc1nnc(SCC(=O)Nc2ccccc2SCC#N)s1. The highest BCUT2D eigenvalue weighted by atomic mass is 32.2. The maximum absolute atomic E-state index is 12.1. The average Bonchev–Trinajstić information content (AvgIpc) is 3.05. The number of carbonyl (C=O) groups is 1. The summed E-state index contributed by atoms with van der Waals surface area (Å²) in [7, 11) is 0. The first-order valence-corrected chi connectivity index (χ1v) is 10.1. The first-order chi connectivity index (χ1) is 11.7. The molecule has 0 aliphatic heterocycles. The molecule has 0 fully saturated rings. The highest BCUT2D eigenvalue weighted by molar-refractivity contribution is 8.01. The molecule has 0 spiro atoms. The zero-order valence-electron chi connectivity index (χ0n) is 13.1. The second kappa shape index (κ2) is 10.2. The Morgan fingerprint density at radius 2 is 2.17 bits per heavy atom. The maximum Gasteiger partial charge on any atom is 0.234 e. The van der Waals surface area contributed by atoms with E-state index in [1.165, 1.54) is 34.9 Å². The molecule has 0 saturated heterocycles. The number of anilines is 2. The fourth-order valence-electron chi connectivity index (χ4n) is 1.69. The molecular weight excluding hydrogens is 362 g/mol. The van der Waals surface area contributed by atoms with Crippen molar-refractivity contribution in [3.05, 3.63) is 24.3 Å². The Kier molecular flexibility index (Phi) is 7.88. The molecule has 0 radical (unpaired) electrons. The summed E-state index contributed by atoms with van der Waals surface area (Å²) in [4.78, 5) is 13.0. The van der Waals surface area contributed by atoms with Crippen LogP contribution in [0.25, 0.3) is 0 Å². The molecule has 126 valence electrons. The first-order valence-electron chi connectivity index (χ1n) is 7.31. The number of hydrogen-bond acceptors (Lipinski definition) is 8. The molecule has 6 nitrogen and oxygen atoms in total. The fraction of sp³-hybridized carbons (Fsp3) is 0.333. The van der Waals surface area contributed by atoms with Gasteiger partial charge in [0.2, 0.25) is 11.0 Å². The minimum absolute atomic E-state index is 0.108. The van der Waals surface area contributed by atoms with Gasteiger partial charge in [0, 0.05) is 11.4 Å². The molecule has 0 bridgehead atoms. The number of carbonyl (C=O) groups excluding carboxylic acids is 1. The number of thioether (sulfide) groups is 2. The number of amides is 1. The van der Waals surface area contributed by atoms with Crippen molar-refractivity contribution in [3.63, 3.8) is 0 Å². The lowest BCUT2D eigenvalue weighted by Crippen LogP contribution is -2.14. The lowest BCUT2D eigenvalue weighted by atomic mass is 10.3. The number of nitrogens with zero attached hydrogens (tertiary/aromatic N) is 3. The summed E-state index contributed by atoms with van der Waals surface area (Å²) in [5.74, 6) is 0.503. The van der Waals surface area contributed by atoms with Crippen LogP contribution in [-0.4, -0.2) is 34.2 Å². The van der Waals surface area contributed by atoms with Gasteiger partial charge in [0.25, 0.3) is 0 Å². The van der Waals surface area contributed by atoms with Gasteiger partial charge in [-0.15, -0.1) is 22.0 Å². The highest BCUT2D eigenvalue weighted by Gasteiger charge is 2.10. The number of para-hydroxylation sites is 1. The van der Waals surface area contributed by atoms with Crippen molar-refractivity contribution in [2.24, 2.45) is 0 Å². The van der Waals surface area contributed by atoms with E-state index in [1.54, 1.807) is 0 Å².